The highest BCUT2D eigenvalue weighted by atomic mass is 16.4. The molecule has 0 aromatic carbocycles. The summed E-state index contributed by atoms with van der Waals surface area (Å²) in [6.45, 7) is 5.68. The minimum absolute atomic E-state index is 0.115. The van der Waals surface area contributed by atoms with Crippen molar-refractivity contribution >= 4 is 5.97 Å². The third-order valence-electron chi connectivity index (χ3n) is 1.55. The van der Waals surface area contributed by atoms with Crippen LogP contribution in [0.1, 0.15) is 13.3 Å². The normalized spacial score (nSPS) is 15.4. The first-order valence-electron chi connectivity index (χ1n) is 3.59. The molecule has 0 saturated carbocycles. The number of carbonyl (C=O) groups is 1. The zero-order valence-electron chi connectivity index (χ0n) is 6.79. The summed E-state index contributed by atoms with van der Waals surface area (Å²) < 4.78 is 0. The molecule has 0 aromatic rings. The predicted octanol–water partition coefficient (Wildman–Crippen LogP) is 0.161. The van der Waals surface area contributed by atoms with E-state index in [1.54, 1.807) is 5.01 Å². The Morgan fingerprint density at radius 2 is 2.50 bits per heavy atom. The Bertz CT molecular complexity index is 247. The van der Waals surface area contributed by atoms with Gasteiger partial charge in [-0.25, -0.2) is 4.79 Å². The SMILES string of the molecule is C=C(CC)N1C=C(C(=O)O)NN1. The van der Waals surface area contributed by atoms with Crippen LogP contribution in [0.25, 0.3) is 0 Å². The molecule has 1 aliphatic rings. The van der Waals surface area contributed by atoms with Crippen molar-refractivity contribution in [2.75, 3.05) is 0 Å². The van der Waals surface area contributed by atoms with Crippen LogP contribution in [0, 0.1) is 0 Å². The molecule has 0 amide bonds. The average Bonchev–Trinajstić information content (AvgIpc) is 2.51. The molecule has 0 aromatic heterocycles. The van der Waals surface area contributed by atoms with Gasteiger partial charge >= 0.3 is 5.97 Å². The van der Waals surface area contributed by atoms with Gasteiger partial charge in [-0.3, -0.25) is 10.4 Å². The van der Waals surface area contributed by atoms with Crippen molar-refractivity contribution < 1.29 is 9.90 Å². The van der Waals surface area contributed by atoms with Crippen LogP contribution >= 0.6 is 0 Å². The highest BCUT2D eigenvalue weighted by molar-refractivity contribution is 5.85. The van der Waals surface area contributed by atoms with Gasteiger partial charge in [-0.05, 0) is 6.42 Å². The number of hydrogen-bond donors (Lipinski definition) is 3. The number of nitrogens with one attached hydrogen (secondary N) is 2. The van der Waals surface area contributed by atoms with Crippen LogP contribution in [0.3, 0.4) is 0 Å². The minimum atomic E-state index is -0.992. The van der Waals surface area contributed by atoms with Crippen molar-refractivity contribution in [3.05, 3.63) is 24.2 Å². The number of rotatable bonds is 3. The fourth-order valence-corrected chi connectivity index (χ4v) is 0.763. The molecular weight excluding hydrogens is 158 g/mol. The molecule has 3 N–H and O–H groups in total. The summed E-state index contributed by atoms with van der Waals surface area (Å²) in [7, 11) is 0. The van der Waals surface area contributed by atoms with E-state index >= 15 is 0 Å². The molecule has 1 aliphatic heterocycles. The van der Waals surface area contributed by atoms with Crippen LogP contribution in [0.2, 0.25) is 0 Å². The molecule has 1 rings (SSSR count). The van der Waals surface area contributed by atoms with E-state index in [0.717, 1.165) is 12.1 Å². The Labute approximate surface area is 70.3 Å². The molecule has 0 saturated heterocycles. The maximum absolute atomic E-state index is 10.4. The maximum atomic E-state index is 10.4. The number of carboxylic acid groups (broad SMARTS) is 1. The summed E-state index contributed by atoms with van der Waals surface area (Å²) >= 11 is 0. The third-order valence-corrected chi connectivity index (χ3v) is 1.55. The second-order valence-electron chi connectivity index (χ2n) is 2.37. The summed E-state index contributed by atoms with van der Waals surface area (Å²) in [5.41, 5.74) is 6.07. The van der Waals surface area contributed by atoms with Crippen LogP contribution in [-0.2, 0) is 4.79 Å². The van der Waals surface area contributed by atoms with Crippen molar-refractivity contribution in [2.45, 2.75) is 13.3 Å². The van der Waals surface area contributed by atoms with E-state index in [-0.39, 0.29) is 5.70 Å². The molecule has 0 bridgehead atoms. The summed E-state index contributed by atoms with van der Waals surface area (Å²) in [4.78, 5) is 10.4. The third kappa shape index (κ3) is 1.57. The van der Waals surface area contributed by atoms with Crippen LogP contribution in [-0.4, -0.2) is 16.1 Å². The maximum Gasteiger partial charge on any atom is 0.354 e. The molecule has 0 radical (unpaired) electrons. The van der Waals surface area contributed by atoms with Crippen molar-refractivity contribution in [1.29, 1.82) is 0 Å². The molecule has 5 nitrogen and oxygen atoms in total. The lowest BCUT2D eigenvalue weighted by Crippen LogP contribution is -2.36. The number of carboxylic acids is 1. The van der Waals surface area contributed by atoms with E-state index in [1.165, 1.54) is 6.20 Å². The van der Waals surface area contributed by atoms with E-state index in [0.29, 0.717) is 0 Å². The van der Waals surface area contributed by atoms with Crippen molar-refractivity contribution in [3.8, 4) is 0 Å². The van der Waals surface area contributed by atoms with Gasteiger partial charge in [-0.2, -0.15) is 0 Å². The molecule has 12 heavy (non-hydrogen) atoms. The molecule has 0 unspecified atom stereocenters. The first kappa shape index (κ1) is 8.61. The van der Waals surface area contributed by atoms with Crippen LogP contribution in [0.5, 0.6) is 0 Å². The van der Waals surface area contributed by atoms with Gasteiger partial charge in [0.2, 0.25) is 0 Å². The van der Waals surface area contributed by atoms with E-state index in [4.69, 9.17) is 5.11 Å². The molecule has 1 heterocycles. The average molecular weight is 169 g/mol. The van der Waals surface area contributed by atoms with Gasteiger partial charge in [0, 0.05) is 5.70 Å². The predicted molar refractivity (Wildman–Crippen MR) is 43.3 cm³/mol. The standard InChI is InChI=1S/C7H11N3O2/c1-3-5(2)10-4-6(7(11)12)8-9-10/h4,8-9H,2-3H2,1H3,(H,11,12). The highest BCUT2D eigenvalue weighted by Crippen LogP contribution is 2.08. The first-order valence-corrected chi connectivity index (χ1v) is 3.59. The fourth-order valence-electron chi connectivity index (χ4n) is 0.763. The first-order chi connectivity index (χ1) is 5.65. The van der Waals surface area contributed by atoms with Crippen molar-refractivity contribution in [1.82, 2.24) is 16.0 Å². The Kier molecular flexibility index (Phi) is 2.35. The lowest BCUT2D eigenvalue weighted by atomic mass is 10.4. The minimum Gasteiger partial charge on any atom is -0.476 e. The molecule has 0 spiro atoms. The van der Waals surface area contributed by atoms with Gasteiger partial charge in [0.1, 0.15) is 0 Å². The van der Waals surface area contributed by atoms with Gasteiger partial charge in [-0.1, -0.05) is 13.5 Å². The van der Waals surface area contributed by atoms with Crippen LogP contribution in [0.15, 0.2) is 24.2 Å². The summed E-state index contributed by atoms with van der Waals surface area (Å²) in [6.07, 6.45) is 2.21. The summed E-state index contributed by atoms with van der Waals surface area (Å²) in [5, 5.41) is 10.1. The second-order valence-corrected chi connectivity index (χ2v) is 2.37. The number of aliphatic carboxylic acids is 1. The van der Waals surface area contributed by atoms with E-state index in [2.05, 4.69) is 17.5 Å². The number of allylic oxidation sites excluding steroid dienone is 1. The van der Waals surface area contributed by atoms with Crippen molar-refractivity contribution in [2.24, 2.45) is 0 Å². The zero-order valence-corrected chi connectivity index (χ0v) is 6.79. The fraction of sp³-hybridized carbons (Fsp3) is 0.286. The quantitative estimate of drug-likeness (QED) is 0.561. The van der Waals surface area contributed by atoms with E-state index in [1.807, 2.05) is 6.92 Å². The van der Waals surface area contributed by atoms with Gasteiger partial charge in [0.25, 0.3) is 0 Å². The van der Waals surface area contributed by atoms with Gasteiger partial charge in [0.05, 0.1) is 6.20 Å². The second kappa shape index (κ2) is 3.27. The van der Waals surface area contributed by atoms with Crippen LogP contribution < -0.4 is 11.0 Å². The smallest absolute Gasteiger partial charge is 0.354 e. The molecule has 0 fully saturated rings. The molecule has 0 atom stereocenters. The molecular formula is C7H11N3O2. The Hall–Kier alpha value is -1.49. The van der Waals surface area contributed by atoms with Crippen molar-refractivity contribution in [3.63, 3.8) is 0 Å². The number of nitrogens with zero attached hydrogens (tertiary/aromatic N) is 1. The van der Waals surface area contributed by atoms with Crippen LogP contribution in [0.4, 0.5) is 0 Å². The topological polar surface area (TPSA) is 64.6 Å². The van der Waals surface area contributed by atoms with Gasteiger partial charge in [0.15, 0.2) is 5.70 Å². The van der Waals surface area contributed by atoms with Gasteiger partial charge < -0.3 is 5.11 Å². The van der Waals surface area contributed by atoms with Gasteiger partial charge in [-0.15, -0.1) is 5.53 Å². The lowest BCUT2D eigenvalue weighted by Gasteiger charge is -2.15. The Morgan fingerprint density at radius 1 is 1.83 bits per heavy atom. The molecule has 5 heteroatoms. The Balaban J connectivity index is 2.64. The summed E-state index contributed by atoms with van der Waals surface area (Å²) in [6, 6.07) is 0. The number of hydrogen-bond acceptors (Lipinski definition) is 4. The van der Waals surface area contributed by atoms with E-state index < -0.39 is 5.97 Å². The van der Waals surface area contributed by atoms with E-state index in [9.17, 15) is 4.79 Å². The number of hydrazine groups is 2. The zero-order chi connectivity index (χ0) is 9.14. The molecule has 0 aliphatic carbocycles. The lowest BCUT2D eigenvalue weighted by molar-refractivity contribution is -0.133. The Morgan fingerprint density at radius 3 is 2.92 bits per heavy atom. The summed E-state index contributed by atoms with van der Waals surface area (Å²) in [5.74, 6) is -0.992. The monoisotopic (exact) mass is 169 g/mol. The largest absolute Gasteiger partial charge is 0.476 e. The highest BCUT2D eigenvalue weighted by Gasteiger charge is 2.17. The molecule has 66 valence electrons.